The second-order valence-corrected chi connectivity index (χ2v) is 5.24. The minimum Gasteiger partial charge on any atom is -0.387 e. The fourth-order valence-electron chi connectivity index (χ4n) is 2.15. The number of benzene rings is 1. The molecule has 2 atom stereocenters. The molecule has 0 heterocycles. The summed E-state index contributed by atoms with van der Waals surface area (Å²) >= 11 is 5.56. The van der Waals surface area contributed by atoms with Crippen LogP contribution in [0.4, 0.5) is 8.78 Å². The minimum absolute atomic E-state index is 0.0100. The standard InChI is InChI=1S/C13H16ClF2NO/c1-17-11(4-7-2-3-7)13(18)12-9(15)5-8(14)6-10(12)16/h5-7,11,13,17-18H,2-4H2,1H3. The van der Waals surface area contributed by atoms with E-state index in [1.807, 2.05) is 0 Å². The Hall–Kier alpha value is -0.710. The van der Waals surface area contributed by atoms with E-state index in [2.05, 4.69) is 5.32 Å². The summed E-state index contributed by atoms with van der Waals surface area (Å²) in [5.41, 5.74) is -0.306. The zero-order chi connectivity index (χ0) is 13.3. The molecule has 1 fully saturated rings. The Morgan fingerprint density at radius 2 is 1.94 bits per heavy atom. The lowest BCUT2D eigenvalue weighted by Gasteiger charge is -2.23. The average Bonchev–Trinajstić information content (AvgIpc) is 3.07. The van der Waals surface area contributed by atoms with Crippen LogP contribution in [0.25, 0.3) is 0 Å². The van der Waals surface area contributed by atoms with Gasteiger partial charge in [0.25, 0.3) is 0 Å². The molecule has 0 spiro atoms. The number of likely N-dealkylation sites (N-methyl/N-ethyl adjacent to an activating group) is 1. The zero-order valence-electron chi connectivity index (χ0n) is 10.1. The van der Waals surface area contributed by atoms with Crippen molar-refractivity contribution in [1.29, 1.82) is 0 Å². The fraction of sp³-hybridized carbons (Fsp3) is 0.538. The summed E-state index contributed by atoms with van der Waals surface area (Å²) in [6, 6.07) is 1.70. The van der Waals surface area contributed by atoms with Crippen molar-refractivity contribution in [2.24, 2.45) is 5.92 Å². The third-order valence-corrected chi connectivity index (χ3v) is 3.59. The third-order valence-electron chi connectivity index (χ3n) is 3.38. The summed E-state index contributed by atoms with van der Waals surface area (Å²) in [7, 11) is 1.68. The quantitative estimate of drug-likeness (QED) is 0.866. The number of aliphatic hydroxyl groups excluding tert-OH is 1. The van der Waals surface area contributed by atoms with Crippen LogP contribution < -0.4 is 5.32 Å². The Kier molecular flexibility index (Phi) is 4.20. The Morgan fingerprint density at radius 3 is 2.39 bits per heavy atom. The van der Waals surface area contributed by atoms with Crippen LogP contribution in [0.3, 0.4) is 0 Å². The summed E-state index contributed by atoms with van der Waals surface area (Å²) in [6.07, 6.45) is 1.76. The first-order valence-corrected chi connectivity index (χ1v) is 6.40. The summed E-state index contributed by atoms with van der Waals surface area (Å²) in [5, 5.41) is 13.0. The van der Waals surface area contributed by atoms with Crippen molar-refractivity contribution in [3.63, 3.8) is 0 Å². The number of aliphatic hydroxyl groups is 1. The molecule has 2 nitrogen and oxygen atoms in total. The number of halogens is 3. The molecule has 5 heteroatoms. The van der Waals surface area contributed by atoms with Crippen molar-refractivity contribution in [2.75, 3.05) is 7.05 Å². The van der Waals surface area contributed by atoms with Crippen molar-refractivity contribution >= 4 is 11.6 Å². The molecule has 0 saturated heterocycles. The van der Waals surface area contributed by atoms with E-state index < -0.39 is 17.7 Å². The Bertz CT molecular complexity index is 414. The van der Waals surface area contributed by atoms with E-state index in [1.165, 1.54) is 0 Å². The molecule has 1 aromatic carbocycles. The molecule has 1 saturated carbocycles. The van der Waals surface area contributed by atoms with Gasteiger partial charge in [-0.25, -0.2) is 8.78 Å². The highest BCUT2D eigenvalue weighted by atomic mass is 35.5. The van der Waals surface area contributed by atoms with Gasteiger partial charge >= 0.3 is 0 Å². The van der Waals surface area contributed by atoms with Gasteiger partial charge in [-0.05, 0) is 31.5 Å². The van der Waals surface area contributed by atoms with E-state index in [1.54, 1.807) is 7.05 Å². The lowest BCUT2D eigenvalue weighted by atomic mass is 9.97. The zero-order valence-corrected chi connectivity index (χ0v) is 10.8. The molecule has 1 aliphatic carbocycles. The molecule has 2 rings (SSSR count). The van der Waals surface area contributed by atoms with Crippen LogP contribution in [0.15, 0.2) is 12.1 Å². The Labute approximate surface area is 110 Å². The summed E-state index contributed by atoms with van der Waals surface area (Å²) in [6.45, 7) is 0. The number of hydrogen-bond acceptors (Lipinski definition) is 2. The van der Waals surface area contributed by atoms with Crippen LogP contribution in [0.1, 0.15) is 30.9 Å². The van der Waals surface area contributed by atoms with Crippen LogP contribution in [-0.2, 0) is 0 Å². The largest absolute Gasteiger partial charge is 0.387 e. The van der Waals surface area contributed by atoms with E-state index in [9.17, 15) is 13.9 Å². The topological polar surface area (TPSA) is 32.3 Å². The van der Waals surface area contributed by atoms with E-state index in [4.69, 9.17) is 11.6 Å². The molecule has 0 amide bonds. The molecule has 2 N–H and O–H groups in total. The monoisotopic (exact) mass is 275 g/mol. The maximum absolute atomic E-state index is 13.7. The molecule has 100 valence electrons. The Balaban J connectivity index is 2.22. The van der Waals surface area contributed by atoms with Crippen molar-refractivity contribution in [3.05, 3.63) is 34.4 Å². The van der Waals surface area contributed by atoms with E-state index in [0.717, 1.165) is 31.4 Å². The van der Waals surface area contributed by atoms with Gasteiger partial charge in [-0.15, -0.1) is 0 Å². The lowest BCUT2D eigenvalue weighted by molar-refractivity contribution is 0.117. The van der Waals surface area contributed by atoms with Gasteiger partial charge in [0.1, 0.15) is 11.6 Å². The number of hydrogen-bond donors (Lipinski definition) is 2. The van der Waals surface area contributed by atoms with Gasteiger partial charge in [0, 0.05) is 11.1 Å². The smallest absolute Gasteiger partial charge is 0.133 e. The molecule has 1 aromatic rings. The first-order valence-electron chi connectivity index (χ1n) is 6.02. The highest BCUT2D eigenvalue weighted by Gasteiger charge is 2.31. The SMILES string of the molecule is CNC(CC1CC1)C(O)c1c(F)cc(Cl)cc1F. The van der Waals surface area contributed by atoms with Gasteiger partial charge in [0.15, 0.2) is 0 Å². The van der Waals surface area contributed by atoms with Gasteiger partial charge in [-0.1, -0.05) is 24.4 Å². The van der Waals surface area contributed by atoms with Crippen LogP contribution in [0.2, 0.25) is 5.02 Å². The highest BCUT2D eigenvalue weighted by molar-refractivity contribution is 6.30. The van der Waals surface area contributed by atoms with Crippen molar-refractivity contribution in [3.8, 4) is 0 Å². The van der Waals surface area contributed by atoms with Gasteiger partial charge in [-0.2, -0.15) is 0 Å². The maximum atomic E-state index is 13.7. The average molecular weight is 276 g/mol. The molecule has 0 aliphatic heterocycles. The molecule has 0 radical (unpaired) electrons. The van der Waals surface area contributed by atoms with E-state index in [0.29, 0.717) is 5.92 Å². The van der Waals surface area contributed by atoms with Crippen LogP contribution in [0.5, 0.6) is 0 Å². The highest BCUT2D eigenvalue weighted by Crippen LogP contribution is 2.37. The predicted molar refractivity (Wildman–Crippen MR) is 66.5 cm³/mol. The van der Waals surface area contributed by atoms with E-state index >= 15 is 0 Å². The number of nitrogens with one attached hydrogen (secondary N) is 1. The summed E-state index contributed by atoms with van der Waals surface area (Å²) in [4.78, 5) is 0. The third kappa shape index (κ3) is 2.99. The molecule has 0 aromatic heterocycles. The van der Waals surface area contributed by atoms with Crippen molar-refractivity contribution < 1.29 is 13.9 Å². The van der Waals surface area contributed by atoms with Crippen LogP contribution in [-0.4, -0.2) is 18.2 Å². The number of rotatable bonds is 5. The van der Waals surface area contributed by atoms with Gasteiger partial charge in [-0.3, -0.25) is 0 Å². The summed E-state index contributed by atoms with van der Waals surface area (Å²) < 4.78 is 27.4. The van der Waals surface area contributed by atoms with Crippen LogP contribution >= 0.6 is 11.6 Å². The summed E-state index contributed by atoms with van der Waals surface area (Å²) in [5.74, 6) is -1.05. The minimum atomic E-state index is -1.20. The second-order valence-electron chi connectivity index (χ2n) is 4.80. The molecule has 1 aliphatic rings. The molecular weight excluding hydrogens is 260 g/mol. The molecular formula is C13H16ClF2NO. The predicted octanol–water partition coefficient (Wildman–Crippen LogP) is 3.04. The Morgan fingerprint density at radius 1 is 1.39 bits per heavy atom. The van der Waals surface area contributed by atoms with Crippen molar-refractivity contribution in [1.82, 2.24) is 5.32 Å². The second kappa shape index (κ2) is 5.51. The van der Waals surface area contributed by atoms with E-state index in [-0.39, 0.29) is 16.6 Å². The first-order chi connectivity index (χ1) is 8.52. The molecule has 2 unspecified atom stereocenters. The lowest BCUT2D eigenvalue weighted by Crippen LogP contribution is -2.33. The molecule has 18 heavy (non-hydrogen) atoms. The first kappa shape index (κ1) is 13.7. The van der Waals surface area contributed by atoms with Gasteiger partial charge < -0.3 is 10.4 Å². The molecule has 0 bridgehead atoms. The maximum Gasteiger partial charge on any atom is 0.133 e. The van der Waals surface area contributed by atoms with Crippen LogP contribution in [0, 0.1) is 17.6 Å². The van der Waals surface area contributed by atoms with Gasteiger partial charge in [0.05, 0.1) is 11.7 Å². The van der Waals surface area contributed by atoms with Crippen molar-refractivity contribution in [2.45, 2.75) is 31.4 Å². The van der Waals surface area contributed by atoms with Gasteiger partial charge in [0.2, 0.25) is 0 Å². The fourth-order valence-corrected chi connectivity index (χ4v) is 2.35. The normalized spacial score (nSPS) is 18.7.